The van der Waals surface area contributed by atoms with Crippen LogP contribution in [0.3, 0.4) is 0 Å². The molecule has 0 unspecified atom stereocenters. The summed E-state index contributed by atoms with van der Waals surface area (Å²) in [5.74, 6) is -0.810. The number of sulfonamides is 1. The molecule has 1 N–H and O–H groups in total. The third kappa shape index (κ3) is 8.46. The smallest absolute Gasteiger partial charge is 0.264 e. The van der Waals surface area contributed by atoms with Crippen LogP contribution in [0.15, 0.2) is 83.8 Å². The lowest BCUT2D eigenvalue weighted by atomic mass is 10.1. The number of hydrogen-bond acceptors (Lipinski definition) is 4. The molecule has 3 rings (SSSR count). The zero-order valence-electron chi connectivity index (χ0n) is 23.1. The number of carbonyl (C=O) groups is 2. The average Bonchev–Trinajstić information content (AvgIpc) is 2.89. The van der Waals surface area contributed by atoms with E-state index >= 15 is 0 Å². The average molecular weight is 605 g/mol. The van der Waals surface area contributed by atoms with Crippen molar-refractivity contribution in [2.45, 2.75) is 57.0 Å². The van der Waals surface area contributed by atoms with Gasteiger partial charge >= 0.3 is 0 Å². The van der Waals surface area contributed by atoms with E-state index in [1.807, 2.05) is 58.0 Å². The number of halogens is 2. The van der Waals surface area contributed by atoms with Crippen LogP contribution in [0, 0.1) is 0 Å². The highest BCUT2D eigenvalue weighted by Crippen LogP contribution is 2.27. The monoisotopic (exact) mass is 603 g/mol. The minimum atomic E-state index is -4.20. The zero-order chi connectivity index (χ0) is 29.5. The van der Waals surface area contributed by atoms with Crippen LogP contribution >= 0.6 is 23.2 Å². The lowest BCUT2D eigenvalue weighted by Gasteiger charge is -2.34. The number of amides is 2. The van der Waals surface area contributed by atoms with Crippen LogP contribution in [0.1, 0.15) is 39.7 Å². The van der Waals surface area contributed by atoms with Gasteiger partial charge in [-0.05, 0) is 81.6 Å². The maximum atomic E-state index is 14.0. The number of hydrogen-bond donors (Lipinski definition) is 1. The molecule has 0 fully saturated rings. The second kappa shape index (κ2) is 13.5. The normalized spacial score (nSPS) is 12.4. The zero-order valence-corrected chi connectivity index (χ0v) is 25.4. The first-order valence-corrected chi connectivity index (χ1v) is 15.2. The molecule has 1 atom stereocenters. The van der Waals surface area contributed by atoms with Gasteiger partial charge in [-0.2, -0.15) is 0 Å². The van der Waals surface area contributed by atoms with Crippen molar-refractivity contribution in [1.82, 2.24) is 10.2 Å². The van der Waals surface area contributed by atoms with Gasteiger partial charge in [0.25, 0.3) is 10.0 Å². The van der Waals surface area contributed by atoms with Crippen molar-refractivity contribution in [1.29, 1.82) is 0 Å². The molecule has 0 heterocycles. The molecule has 0 aliphatic carbocycles. The number of carbonyl (C=O) groups excluding carboxylic acids is 2. The van der Waals surface area contributed by atoms with Crippen LogP contribution < -0.4 is 9.62 Å². The quantitative estimate of drug-likeness (QED) is 0.293. The third-order valence-electron chi connectivity index (χ3n) is 6.15. The Balaban J connectivity index is 2.02. The molecule has 40 heavy (non-hydrogen) atoms. The molecular formula is C30H35Cl2N3O4S. The van der Waals surface area contributed by atoms with Gasteiger partial charge in [-0.3, -0.25) is 13.9 Å². The van der Waals surface area contributed by atoms with Gasteiger partial charge in [0, 0.05) is 22.1 Å². The van der Waals surface area contributed by atoms with Crippen LogP contribution in [-0.4, -0.2) is 49.8 Å². The Morgan fingerprint density at radius 3 is 2.12 bits per heavy atom. The molecule has 0 aliphatic heterocycles. The fraction of sp³-hybridized carbons (Fsp3) is 0.333. The largest absolute Gasteiger partial charge is 0.350 e. The maximum Gasteiger partial charge on any atom is 0.264 e. The molecule has 0 saturated carbocycles. The molecule has 0 aliphatic rings. The predicted molar refractivity (Wildman–Crippen MR) is 161 cm³/mol. The molecule has 214 valence electrons. The third-order valence-corrected chi connectivity index (χ3v) is 8.42. The fourth-order valence-corrected chi connectivity index (χ4v) is 5.96. The van der Waals surface area contributed by atoms with E-state index in [1.165, 1.54) is 35.2 Å². The summed E-state index contributed by atoms with van der Waals surface area (Å²) in [4.78, 5) is 28.8. The summed E-state index contributed by atoms with van der Waals surface area (Å²) in [5, 5.41) is 3.66. The van der Waals surface area contributed by atoms with E-state index in [-0.39, 0.29) is 23.0 Å². The molecule has 2 amide bonds. The van der Waals surface area contributed by atoms with Crippen molar-refractivity contribution in [3.8, 4) is 0 Å². The Labute approximate surface area is 247 Å². The standard InChI is InChI=1S/C30H35Cl2N3O4S/c1-5-27(29(37)33-30(2,3)4)34(19-18-22-10-7-6-8-11-22)28(36)21-35(25-13-9-12-24(32)20-25)40(38,39)26-16-14-23(31)15-17-26/h6-17,20,27H,5,18-19,21H2,1-4H3,(H,33,37)/t27-/m0/s1. The Bertz CT molecular complexity index is 1410. The molecule has 0 aromatic heterocycles. The van der Waals surface area contributed by atoms with Crippen LogP contribution in [-0.2, 0) is 26.0 Å². The van der Waals surface area contributed by atoms with Crippen molar-refractivity contribution >= 4 is 50.7 Å². The van der Waals surface area contributed by atoms with Gasteiger partial charge < -0.3 is 10.2 Å². The van der Waals surface area contributed by atoms with Gasteiger partial charge in [-0.1, -0.05) is 66.5 Å². The summed E-state index contributed by atoms with van der Waals surface area (Å²) in [5.41, 5.74) is 0.710. The SMILES string of the molecule is CC[C@@H](C(=O)NC(C)(C)C)N(CCc1ccccc1)C(=O)CN(c1cccc(Cl)c1)S(=O)(=O)c1ccc(Cl)cc1. The molecule has 0 radical (unpaired) electrons. The number of nitrogens with zero attached hydrogens (tertiary/aromatic N) is 2. The molecule has 0 spiro atoms. The summed E-state index contributed by atoms with van der Waals surface area (Å²) >= 11 is 12.2. The van der Waals surface area contributed by atoms with Gasteiger partial charge in [0.1, 0.15) is 12.6 Å². The highest BCUT2D eigenvalue weighted by atomic mass is 35.5. The first kappa shape index (κ1) is 31.5. The Kier molecular flexibility index (Phi) is 10.6. The summed E-state index contributed by atoms with van der Waals surface area (Å²) in [6.07, 6.45) is 0.844. The lowest BCUT2D eigenvalue weighted by Crippen LogP contribution is -2.56. The number of benzene rings is 3. The lowest BCUT2D eigenvalue weighted by molar-refractivity contribution is -0.140. The second-order valence-corrected chi connectivity index (χ2v) is 13.2. The number of anilines is 1. The molecule has 10 heteroatoms. The van der Waals surface area contributed by atoms with Crippen LogP contribution in [0.5, 0.6) is 0 Å². The Morgan fingerprint density at radius 1 is 0.900 bits per heavy atom. The van der Waals surface area contributed by atoms with Crippen molar-refractivity contribution in [2.75, 3.05) is 17.4 Å². The topological polar surface area (TPSA) is 86.8 Å². The summed E-state index contributed by atoms with van der Waals surface area (Å²) < 4.78 is 28.7. The van der Waals surface area contributed by atoms with E-state index in [0.717, 1.165) is 9.87 Å². The Morgan fingerprint density at radius 2 is 1.55 bits per heavy atom. The molecule has 0 bridgehead atoms. The number of rotatable bonds is 11. The maximum absolute atomic E-state index is 14.0. The second-order valence-electron chi connectivity index (χ2n) is 10.4. The van der Waals surface area contributed by atoms with Gasteiger partial charge in [0.2, 0.25) is 11.8 Å². The highest BCUT2D eigenvalue weighted by Gasteiger charge is 2.34. The first-order valence-electron chi connectivity index (χ1n) is 13.0. The minimum absolute atomic E-state index is 0.0296. The van der Waals surface area contributed by atoms with Crippen LogP contribution in [0.2, 0.25) is 10.0 Å². The van der Waals surface area contributed by atoms with Crippen LogP contribution in [0.25, 0.3) is 0 Å². The molecular weight excluding hydrogens is 569 g/mol. The van der Waals surface area contributed by atoms with Gasteiger partial charge in [0.05, 0.1) is 10.6 Å². The van der Waals surface area contributed by atoms with E-state index in [1.54, 1.807) is 18.2 Å². The summed E-state index contributed by atoms with van der Waals surface area (Å²) in [6.45, 7) is 7.13. The first-order chi connectivity index (χ1) is 18.8. The van der Waals surface area contributed by atoms with E-state index in [4.69, 9.17) is 23.2 Å². The van der Waals surface area contributed by atoms with Crippen LogP contribution in [0.4, 0.5) is 5.69 Å². The van der Waals surface area contributed by atoms with Crippen molar-refractivity contribution in [3.05, 3.63) is 94.5 Å². The Hall–Kier alpha value is -3.07. The van der Waals surface area contributed by atoms with Crippen molar-refractivity contribution in [3.63, 3.8) is 0 Å². The van der Waals surface area contributed by atoms with Crippen molar-refractivity contribution < 1.29 is 18.0 Å². The predicted octanol–water partition coefficient (Wildman–Crippen LogP) is 5.95. The van der Waals surface area contributed by atoms with Crippen molar-refractivity contribution in [2.24, 2.45) is 0 Å². The number of nitrogens with one attached hydrogen (secondary N) is 1. The minimum Gasteiger partial charge on any atom is -0.350 e. The molecule has 7 nitrogen and oxygen atoms in total. The summed E-state index contributed by atoms with van der Waals surface area (Å²) in [7, 11) is -4.20. The van der Waals surface area contributed by atoms with Gasteiger partial charge in [-0.15, -0.1) is 0 Å². The van der Waals surface area contributed by atoms with E-state index in [2.05, 4.69) is 5.32 Å². The molecule has 3 aromatic carbocycles. The van der Waals surface area contributed by atoms with E-state index < -0.39 is 34.1 Å². The van der Waals surface area contributed by atoms with E-state index in [0.29, 0.717) is 22.9 Å². The fourth-order valence-electron chi connectivity index (χ4n) is 4.24. The van der Waals surface area contributed by atoms with E-state index in [9.17, 15) is 18.0 Å². The highest BCUT2D eigenvalue weighted by molar-refractivity contribution is 7.92. The van der Waals surface area contributed by atoms with Gasteiger partial charge in [0.15, 0.2) is 0 Å². The molecule has 3 aromatic rings. The molecule has 0 saturated heterocycles. The van der Waals surface area contributed by atoms with Gasteiger partial charge in [-0.25, -0.2) is 8.42 Å². The summed E-state index contributed by atoms with van der Waals surface area (Å²) in [6, 6.07) is 20.8.